The molecule has 0 atom stereocenters. The number of H-pyrrole nitrogens is 1. The molecule has 0 bridgehead atoms. The monoisotopic (exact) mass is 352 g/mol. The molecule has 134 valence electrons. The second kappa shape index (κ2) is 8.15. The summed E-state index contributed by atoms with van der Waals surface area (Å²) in [6.07, 6.45) is 0.819. The van der Waals surface area contributed by atoms with Crippen LogP contribution in [0.2, 0.25) is 0 Å². The van der Waals surface area contributed by atoms with Gasteiger partial charge in [0, 0.05) is 24.9 Å². The Morgan fingerprint density at radius 1 is 1.04 bits per heavy atom. The van der Waals surface area contributed by atoms with E-state index in [-0.39, 0.29) is 30.5 Å². The number of phenolic OH excluding ortho intramolecular Hbond substituents is 1. The summed E-state index contributed by atoms with van der Waals surface area (Å²) in [6, 6.07) is 14.3. The number of aromatic nitrogens is 2. The van der Waals surface area contributed by atoms with Gasteiger partial charge in [-0.15, -0.1) is 0 Å². The van der Waals surface area contributed by atoms with Crippen molar-refractivity contribution in [2.45, 2.75) is 12.8 Å². The third-order valence-electron chi connectivity index (χ3n) is 3.97. The standard InChI is InChI=1S/C19H20N4O3/c24-14-5-3-4-13(12-14)8-10-20-17(25)9-11-21-19(26)18-15-6-1-2-7-16(15)22-23-18/h1-7,12,24H,8-11H2,(H,20,25)(H,21,26)(H,22,23). The van der Waals surface area contributed by atoms with Crippen molar-refractivity contribution >= 4 is 22.7 Å². The molecule has 1 heterocycles. The lowest BCUT2D eigenvalue weighted by Crippen LogP contribution is -2.31. The molecule has 0 aliphatic heterocycles. The number of rotatable bonds is 7. The smallest absolute Gasteiger partial charge is 0.272 e. The van der Waals surface area contributed by atoms with Crippen LogP contribution in [0.4, 0.5) is 0 Å². The van der Waals surface area contributed by atoms with Gasteiger partial charge in [-0.2, -0.15) is 5.10 Å². The second-order valence-electron chi connectivity index (χ2n) is 5.89. The molecule has 0 fully saturated rings. The topological polar surface area (TPSA) is 107 Å². The summed E-state index contributed by atoms with van der Waals surface area (Å²) < 4.78 is 0. The number of hydrogen-bond acceptors (Lipinski definition) is 4. The lowest BCUT2D eigenvalue weighted by molar-refractivity contribution is -0.120. The molecule has 7 heteroatoms. The summed E-state index contributed by atoms with van der Waals surface area (Å²) in [5.74, 6) is -0.241. The minimum Gasteiger partial charge on any atom is -0.508 e. The summed E-state index contributed by atoms with van der Waals surface area (Å²) in [4.78, 5) is 24.0. The largest absolute Gasteiger partial charge is 0.508 e. The van der Waals surface area contributed by atoms with Gasteiger partial charge >= 0.3 is 0 Å². The van der Waals surface area contributed by atoms with Gasteiger partial charge in [0.05, 0.1) is 5.52 Å². The summed E-state index contributed by atoms with van der Waals surface area (Å²) in [5.41, 5.74) is 2.07. The second-order valence-corrected chi connectivity index (χ2v) is 5.89. The molecule has 26 heavy (non-hydrogen) atoms. The quantitative estimate of drug-likeness (QED) is 0.519. The van der Waals surface area contributed by atoms with E-state index in [0.29, 0.717) is 18.7 Å². The molecule has 0 radical (unpaired) electrons. The third kappa shape index (κ3) is 4.38. The number of nitrogens with one attached hydrogen (secondary N) is 3. The Labute approximate surface area is 150 Å². The number of hydrogen-bond donors (Lipinski definition) is 4. The molecule has 0 saturated carbocycles. The highest BCUT2D eigenvalue weighted by molar-refractivity contribution is 6.04. The molecule has 0 saturated heterocycles. The molecule has 1 aromatic heterocycles. The molecule has 4 N–H and O–H groups in total. The number of aromatic hydroxyl groups is 1. The van der Waals surface area contributed by atoms with E-state index in [1.54, 1.807) is 18.2 Å². The van der Waals surface area contributed by atoms with E-state index in [9.17, 15) is 14.7 Å². The average Bonchev–Trinajstić information content (AvgIpc) is 3.06. The summed E-state index contributed by atoms with van der Waals surface area (Å²) in [5, 5.41) is 22.5. The third-order valence-corrected chi connectivity index (χ3v) is 3.97. The molecule has 7 nitrogen and oxygen atoms in total. The SMILES string of the molecule is O=C(CCNC(=O)c1n[nH]c2ccccc12)NCCc1cccc(O)c1. The van der Waals surface area contributed by atoms with E-state index < -0.39 is 0 Å². The van der Waals surface area contributed by atoms with Crippen molar-refractivity contribution in [2.24, 2.45) is 0 Å². The zero-order valence-electron chi connectivity index (χ0n) is 14.2. The van der Waals surface area contributed by atoms with Crippen molar-refractivity contribution in [3.63, 3.8) is 0 Å². The van der Waals surface area contributed by atoms with Crippen molar-refractivity contribution in [1.29, 1.82) is 0 Å². The normalized spacial score (nSPS) is 10.6. The maximum Gasteiger partial charge on any atom is 0.272 e. The molecule has 3 rings (SSSR count). The number of phenols is 1. The van der Waals surface area contributed by atoms with Crippen LogP contribution in [0.25, 0.3) is 10.9 Å². The first-order valence-corrected chi connectivity index (χ1v) is 8.39. The van der Waals surface area contributed by atoms with Crippen LogP contribution < -0.4 is 10.6 Å². The van der Waals surface area contributed by atoms with E-state index in [1.807, 2.05) is 30.3 Å². The summed E-state index contributed by atoms with van der Waals surface area (Å²) in [6.45, 7) is 0.707. The highest BCUT2D eigenvalue weighted by Crippen LogP contribution is 2.14. The maximum absolute atomic E-state index is 12.2. The van der Waals surface area contributed by atoms with Gasteiger partial charge in [0.1, 0.15) is 5.75 Å². The highest BCUT2D eigenvalue weighted by Gasteiger charge is 2.13. The maximum atomic E-state index is 12.2. The van der Waals surface area contributed by atoms with Crippen LogP contribution in [-0.2, 0) is 11.2 Å². The van der Waals surface area contributed by atoms with Crippen molar-refractivity contribution < 1.29 is 14.7 Å². The van der Waals surface area contributed by atoms with Crippen molar-refractivity contribution in [3.05, 3.63) is 59.8 Å². The zero-order chi connectivity index (χ0) is 18.4. The lowest BCUT2D eigenvalue weighted by Gasteiger charge is -2.06. The summed E-state index contributed by atoms with van der Waals surface area (Å²) >= 11 is 0. The molecule has 0 aliphatic rings. The fourth-order valence-corrected chi connectivity index (χ4v) is 2.66. The van der Waals surface area contributed by atoms with Gasteiger partial charge in [0.25, 0.3) is 5.91 Å². The molecule has 0 spiro atoms. The Morgan fingerprint density at radius 3 is 2.73 bits per heavy atom. The minimum atomic E-state index is -0.310. The summed E-state index contributed by atoms with van der Waals surface area (Å²) in [7, 11) is 0. The van der Waals surface area contributed by atoms with Gasteiger partial charge in [0.2, 0.25) is 5.91 Å². The Morgan fingerprint density at radius 2 is 1.88 bits per heavy atom. The number of nitrogens with zero attached hydrogens (tertiary/aromatic N) is 1. The fourth-order valence-electron chi connectivity index (χ4n) is 2.66. The van der Waals surface area contributed by atoms with Gasteiger partial charge in [-0.3, -0.25) is 14.7 Å². The molecule has 2 aromatic carbocycles. The first-order valence-electron chi connectivity index (χ1n) is 8.39. The van der Waals surface area contributed by atoms with Crippen LogP contribution >= 0.6 is 0 Å². The number of fused-ring (bicyclic) bond motifs is 1. The Kier molecular flexibility index (Phi) is 5.48. The van der Waals surface area contributed by atoms with E-state index in [4.69, 9.17) is 0 Å². The van der Waals surface area contributed by atoms with Crippen LogP contribution in [0.1, 0.15) is 22.5 Å². The number of carbonyl (C=O) groups is 2. The number of carbonyl (C=O) groups excluding carboxylic acids is 2. The fraction of sp³-hybridized carbons (Fsp3) is 0.211. The van der Waals surface area contributed by atoms with E-state index in [1.165, 1.54) is 0 Å². The molecule has 2 amide bonds. The van der Waals surface area contributed by atoms with Crippen LogP contribution in [0.5, 0.6) is 5.75 Å². The van der Waals surface area contributed by atoms with Gasteiger partial charge < -0.3 is 15.7 Å². The van der Waals surface area contributed by atoms with Crippen LogP contribution in [0.3, 0.4) is 0 Å². The number of para-hydroxylation sites is 1. The van der Waals surface area contributed by atoms with Crippen molar-refractivity contribution in [1.82, 2.24) is 20.8 Å². The van der Waals surface area contributed by atoms with Crippen molar-refractivity contribution in [3.8, 4) is 5.75 Å². The Bertz CT molecular complexity index is 920. The zero-order valence-corrected chi connectivity index (χ0v) is 14.2. The van der Waals surface area contributed by atoms with Crippen LogP contribution in [0.15, 0.2) is 48.5 Å². The van der Waals surface area contributed by atoms with Gasteiger partial charge in [0.15, 0.2) is 5.69 Å². The molecule has 0 unspecified atom stereocenters. The minimum absolute atomic E-state index is 0.141. The molecular weight excluding hydrogens is 332 g/mol. The number of amides is 2. The number of benzene rings is 2. The van der Waals surface area contributed by atoms with Crippen molar-refractivity contribution in [2.75, 3.05) is 13.1 Å². The van der Waals surface area contributed by atoms with Crippen LogP contribution in [0, 0.1) is 0 Å². The Hall–Kier alpha value is -3.35. The highest BCUT2D eigenvalue weighted by atomic mass is 16.3. The van der Waals surface area contributed by atoms with E-state index >= 15 is 0 Å². The molecule has 0 aliphatic carbocycles. The van der Waals surface area contributed by atoms with Crippen LogP contribution in [-0.4, -0.2) is 40.2 Å². The average molecular weight is 352 g/mol. The first kappa shape index (κ1) is 17.5. The predicted molar refractivity (Wildman–Crippen MR) is 97.9 cm³/mol. The van der Waals surface area contributed by atoms with E-state index in [2.05, 4.69) is 20.8 Å². The van der Waals surface area contributed by atoms with Gasteiger partial charge in [-0.25, -0.2) is 0 Å². The van der Waals surface area contributed by atoms with E-state index in [0.717, 1.165) is 16.5 Å². The predicted octanol–water partition coefficient (Wildman–Crippen LogP) is 1.75. The molecular formula is C19H20N4O3. The van der Waals surface area contributed by atoms with Gasteiger partial charge in [-0.05, 0) is 30.2 Å². The Balaban J connectivity index is 1.40. The van der Waals surface area contributed by atoms with Gasteiger partial charge in [-0.1, -0.05) is 30.3 Å². The number of aromatic amines is 1. The molecule has 3 aromatic rings. The lowest BCUT2D eigenvalue weighted by atomic mass is 10.1. The first-order chi connectivity index (χ1) is 12.6.